The summed E-state index contributed by atoms with van der Waals surface area (Å²) >= 11 is 0. The quantitative estimate of drug-likeness (QED) is 0.599. The Hall–Kier alpha value is -1.19. The largest absolute Gasteiger partial charge is 0.480 e. The van der Waals surface area contributed by atoms with Gasteiger partial charge in [-0.1, -0.05) is 0 Å². The van der Waals surface area contributed by atoms with Crippen molar-refractivity contribution in [3.05, 3.63) is 0 Å². The van der Waals surface area contributed by atoms with Crippen LogP contribution < -0.4 is 0 Å². The number of sulfonamides is 1. The summed E-state index contributed by atoms with van der Waals surface area (Å²) in [5.41, 5.74) is -0.756. The smallest absolute Gasteiger partial charge is 0.329 e. The van der Waals surface area contributed by atoms with Crippen molar-refractivity contribution in [1.29, 1.82) is 0 Å². The number of carboxylic acids is 1. The second kappa shape index (κ2) is 6.51. The fourth-order valence-electron chi connectivity index (χ4n) is 1.85. The van der Waals surface area contributed by atoms with Crippen LogP contribution in [-0.2, 0) is 29.1 Å². The van der Waals surface area contributed by atoms with Gasteiger partial charge < -0.3 is 14.6 Å². The number of carboxylic acid groups (broad SMARTS) is 1. The molecule has 1 rings (SSSR count). The summed E-state index contributed by atoms with van der Waals surface area (Å²) in [6.45, 7) is 1.46. The van der Waals surface area contributed by atoms with Gasteiger partial charge in [-0.15, -0.1) is 0 Å². The molecule has 1 heterocycles. The Bertz CT molecular complexity index is 467. The highest BCUT2D eigenvalue weighted by atomic mass is 32.2. The van der Waals surface area contributed by atoms with E-state index in [0.717, 1.165) is 0 Å². The first-order chi connectivity index (χ1) is 9.18. The lowest BCUT2D eigenvalue weighted by Gasteiger charge is -2.46. The van der Waals surface area contributed by atoms with Gasteiger partial charge in [0, 0.05) is 19.5 Å². The summed E-state index contributed by atoms with van der Waals surface area (Å²) in [6, 6.07) is 0. The molecular formula is C11H19NO7S. The van der Waals surface area contributed by atoms with E-state index in [4.69, 9.17) is 9.84 Å². The Morgan fingerprint density at radius 3 is 2.45 bits per heavy atom. The van der Waals surface area contributed by atoms with E-state index in [0.29, 0.717) is 0 Å². The van der Waals surface area contributed by atoms with E-state index in [1.165, 1.54) is 11.4 Å². The fourth-order valence-corrected chi connectivity index (χ4v) is 3.56. The van der Waals surface area contributed by atoms with Crippen molar-refractivity contribution in [2.24, 2.45) is 0 Å². The predicted octanol–water partition coefficient (Wildman–Crippen LogP) is -0.555. The van der Waals surface area contributed by atoms with Crippen LogP contribution in [0.4, 0.5) is 0 Å². The minimum atomic E-state index is -3.44. The minimum absolute atomic E-state index is 0.0519. The Labute approximate surface area is 117 Å². The summed E-state index contributed by atoms with van der Waals surface area (Å²) < 4.78 is 34.6. The van der Waals surface area contributed by atoms with Gasteiger partial charge in [-0.05, 0) is 13.3 Å². The first-order valence-electron chi connectivity index (χ1n) is 6.09. The van der Waals surface area contributed by atoms with E-state index >= 15 is 0 Å². The van der Waals surface area contributed by atoms with Crippen molar-refractivity contribution in [3.8, 4) is 0 Å². The molecule has 0 amide bonds. The van der Waals surface area contributed by atoms with Crippen molar-refractivity contribution in [2.75, 3.05) is 32.6 Å². The number of aliphatic carboxylic acids is 1. The van der Waals surface area contributed by atoms with Gasteiger partial charge in [0.2, 0.25) is 10.0 Å². The van der Waals surface area contributed by atoms with Crippen LogP contribution in [0.2, 0.25) is 0 Å². The zero-order chi connectivity index (χ0) is 15.4. The maximum atomic E-state index is 11.9. The highest BCUT2D eigenvalue weighted by molar-refractivity contribution is 7.89. The van der Waals surface area contributed by atoms with E-state index in [1.807, 2.05) is 0 Å². The van der Waals surface area contributed by atoms with Crippen LogP contribution in [0.1, 0.15) is 19.8 Å². The third-order valence-corrected chi connectivity index (χ3v) is 4.82. The molecule has 0 radical (unpaired) electrons. The van der Waals surface area contributed by atoms with Crippen LogP contribution in [-0.4, -0.2) is 67.9 Å². The maximum Gasteiger partial charge on any atom is 0.329 e. The molecule has 0 aliphatic carbocycles. The normalized spacial score (nSPS) is 18.3. The second-order valence-electron chi connectivity index (χ2n) is 4.90. The van der Waals surface area contributed by atoms with Crippen LogP contribution >= 0.6 is 0 Å². The first-order valence-corrected chi connectivity index (χ1v) is 7.70. The Kier molecular flexibility index (Phi) is 5.49. The summed E-state index contributed by atoms with van der Waals surface area (Å²) in [4.78, 5) is 21.3. The number of rotatable bonds is 8. The number of carbonyl (C=O) groups excluding carboxylic acids is 1. The number of hydrogen-bond acceptors (Lipinski definition) is 6. The third kappa shape index (κ3) is 4.73. The van der Waals surface area contributed by atoms with Crippen LogP contribution in [0.3, 0.4) is 0 Å². The summed E-state index contributed by atoms with van der Waals surface area (Å²) in [5.74, 6) is -1.68. The Morgan fingerprint density at radius 1 is 1.35 bits per heavy atom. The topological polar surface area (TPSA) is 110 Å². The van der Waals surface area contributed by atoms with Gasteiger partial charge in [0.15, 0.2) is 0 Å². The van der Waals surface area contributed by atoms with Crippen LogP contribution in [0.5, 0.6) is 0 Å². The minimum Gasteiger partial charge on any atom is -0.480 e. The van der Waals surface area contributed by atoms with Crippen molar-refractivity contribution in [1.82, 2.24) is 4.31 Å². The van der Waals surface area contributed by atoms with Crippen LogP contribution in [0.25, 0.3) is 0 Å². The second-order valence-corrected chi connectivity index (χ2v) is 6.98. The zero-order valence-corrected chi connectivity index (χ0v) is 12.3. The molecule has 20 heavy (non-hydrogen) atoms. The third-order valence-electron chi connectivity index (χ3n) is 2.97. The fraction of sp³-hybridized carbons (Fsp3) is 0.818. The molecule has 116 valence electrons. The summed E-state index contributed by atoms with van der Waals surface area (Å²) in [5, 5.41) is 8.51. The highest BCUT2D eigenvalue weighted by Gasteiger charge is 2.45. The van der Waals surface area contributed by atoms with Gasteiger partial charge in [0.05, 0.1) is 18.5 Å². The van der Waals surface area contributed by atoms with E-state index in [-0.39, 0.29) is 31.7 Å². The standard InChI is InChI=1S/C11H19NO7S/c1-11(19-6-9(13)14)7-12(8-11)20(16,17)5-3-4-10(15)18-2/h3-8H2,1-2H3,(H,13,14). The molecule has 0 aromatic carbocycles. The lowest BCUT2D eigenvalue weighted by Crippen LogP contribution is -2.63. The molecule has 9 heteroatoms. The molecule has 1 fully saturated rings. The van der Waals surface area contributed by atoms with Gasteiger partial charge in [-0.2, -0.15) is 4.31 Å². The molecule has 0 aromatic heterocycles. The van der Waals surface area contributed by atoms with Gasteiger partial charge in [0.25, 0.3) is 0 Å². The molecule has 0 aromatic rings. The highest BCUT2D eigenvalue weighted by Crippen LogP contribution is 2.27. The van der Waals surface area contributed by atoms with E-state index in [1.54, 1.807) is 6.92 Å². The van der Waals surface area contributed by atoms with Crippen molar-refractivity contribution < 1.29 is 32.6 Å². The lowest BCUT2D eigenvalue weighted by molar-refractivity contribution is -0.157. The molecule has 0 unspecified atom stereocenters. The van der Waals surface area contributed by atoms with E-state index < -0.39 is 34.2 Å². The zero-order valence-electron chi connectivity index (χ0n) is 11.5. The molecule has 0 atom stereocenters. The van der Waals surface area contributed by atoms with Crippen LogP contribution in [0, 0.1) is 0 Å². The lowest BCUT2D eigenvalue weighted by atomic mass is 10.0. The monoisotopic (exact) mass is 309 g/mol. The number of hydrogen-bond donors (Lipinski definition) is 1. The predicted molar refractivity (Wildman–Crippen MR) is 68.6 cm³/mol. The number of carbonyl (C=O) groups is 2. The number of nitrogens with zero attached hydrogens (tertiary/aromatic N) is 1. The molecule has 8 nitrogen and oxygen atoms in total. The van der Waals surface area contributed by atoms with Gasteiger partial charge in [-0.3, -0.25) is 4.79 Å². The molecule has 1 aliphatic rings. The molecule has 0 bridgehead atoms. The number of methoxy groups -OCH3 is 1. The van der Waals surface area contributed by atoms with Gasteiger partial charge >= 0.3 is 11.9 Å². The average molecular weight is 309 g/mol. The summed E-state index contributed by atoms with van der Waals surface area (Å²) in [7, 11) is -2.19. The SMILES string of the molecule is COC(=O)CCCS(=O)(=O)N1CC(C)(OCC(=O)O)C1. The van der Waals surface area contributed by atoms with Crippen molar-refractivity contribution in [3.63, 3.8) is 0 Å². The van der Waals surface area contributed by atoms with Crippen molar-refractivity contribution in [2.45, 2.75) is 25.4 Å². The van der Waals surface area contributed by atoms with Gasteiger partial charge in [-0.25, -0.2) is 13.2 Å². The average Bonchev–Trinajstić information content (AvgIpc) is 2.32. The van der Waals surface area contributed by atoms with E-state index in [9.17, 15) is 18.0 Å². The van der Waals surface area contributed by atoms with E-state index in [2.05, 4.69) is 4.74 Å². The molecule has 1 saturated heterocycles. The molecule has 1 aliphatic heterocycles. The maximum absolute atomic E-state index is 11.9. The Balaban J connectivity index is 2.37. The molecule has 0 spiro atoms. The summed E-state index contributed by atoms with van der Waals surface area (Å²) in [6.07, 6.45) is 0.245. The van der Waals surface area contributed by atoms with Gasteiger partial charge in [0.1, 0.15) is 6.61 Å². The molecular weight excluding hydrogens is 290 g/mol. The number of esters is 1. The first kappa shape index (κ1) is 16.9. The Morgan fingerprint density at radius 2 is 1.95 bits per heavy atom. The number of ether oxygens (including phenoxy) is 2. The molecule has 0 saturated carbocycles. The molecule has 1 N–H and O–H groups in total. The van der Waals surface area contributed by atoms with Crippen molar-refractivity contribution >= 4 is 22.0 Å². The van der Waals surface area contributed by atoms with Crippen LogP contribution in [0.15, 0.2) is 0 Å².